The third kappa shape index (κ3) is 4.28. The number of anilines is 2. The lowest BCUT2D eigenvalue weighted by Crippen LogP contribution is -2.30. The Balaban J connectivity index is 1.32. The fourth-order valence-electron chi connectivity index (χ4n) is 4.22. The molecular formula is C24H25N7O2S. The van der Waals surface area contributed by atoms with Crippen LogP contribution in [-0.2, 0) is 11.3 Å². The molecule has 10 heteroatoms. The summed E-state index contributed by atoms with van der Waals surface area (Å²) < 4.78 is 3.34. The summed E-state index contributed by atoms with van der Waals surface area (Å²) in [7, 11) is 0. The Morgan fingerprint density at radius 2 is 1.94 bits per heavy atom. The van der Waals surface area contributed by atoms with Crippen LogP contribution in [0.4, 0.5) is 11.5 Å². The molecule has 1 N–H and O–H groups in total. The van der Waals surface area contributed by atoms with Crippen LogP contribution in [0.5, 0.6) is 0 Å². The number of nitrogens with zero attached hydrogens (tertiary/aromatic N) is 6. The van der Waals surface area contributed by atoms with E-state index in [0.717, 1.165) is 18.9 Å². The Morgan fingerprint density at radius 3 is 2.71 bits per heavy atom. The van der Waals surface area contributed by atoms with Crippen LogP contribution in [0.15, 0.2) is 65.2 Å². The lowest BCUT2D eigenvalue weighted by Gasteiger charge is -2.27. The van der Waals surface area contributed by atoms with Gasteiger partial charge in [-0.25, -0.2) is 4.98 Å². The molecule has 0 radical (unpaired) electrons. The molecule has 1 saturated heterocycles. The summed E-state index contributed by atoms with van der Waals surface area (Å²) in [4.78, 5) is 32.3. The largest absolute Gasteiger partial charge is 0.357 e. The molecule has 4 heterocycles. The maximum atomic E-state index is 12.9. The molecule has 0 unspecified atom stereocenters. The highest BCUT2D eigenvalue weighted by atomic mass is 32.2. The van der Waals surface area contributed by atoms with Crippen molar-refractivity contribution in [1.82, 2.24) is 24.1 Å². The van der Waals surface area contributed by atoms with Gasteiger partial charge in [0.15, 0.2) is 5.16 Å². The Hall–Kier alpha value is -3.66. The number of hydrogen-bond acceptors (Lipinski definition) is 7. The van der Waals surface area contributed by atoms with Crippen molar-refractivity contribution in [2.45, 2.75) is 31.0 Å². The quantitative estimate of drug-likeness (QED) is 0.323. The van der Waals surface area contributed by atoms with E-state index in [2.05, 4.69) is 32.0 Å². The van der Waals surface area contributed by atoms with Gasteiger partial charge in [-0.2, -0.15) is 0 Å². The van der Waals surface area contributed by atoms with Crippen LogP contribution in [-0.4, -0.2) is 48.9 Å². The maximum Gasteiger partial charge on any atom is 0.263 e. The van der Waals surface area contributed by atoms with Gasteiger partial charge in [-0.15, -0.1) is 16.8 Å². The second-order valence-electron chi connectivity index (χ2n) is 8.13. The van der Waals surface area contributed by atoms with Gasteiger partial charge in [-0.3, -0.25) is 18.6 Å². The van der Waals surface area contributed by atoms with Gasteiger partial charge in [0.05, 0.1) is 28.5 Å². The molecule has 174 valence electrons. The van der Waals surface area contributed by atoms with Crippen molar-refractivity contribution in [2.24, 2.45) is 0 Å². The first kappa shape index (κ1) is 22.1. The molecule has 0 bridgehead atoms. The molecule has 0 aliphatic carbocycles. The lowest BCUT2D eigenvalue weighted by atomic mass is 10.1. The third-order valence-electron chi connectivity index (χ3n) is 5.83. The van der Waals surface area contributed by atoms with Gasteiger partial charge in [0, 0.05) is 19.6 Å². The Kier molecular flexibility index (Phi) is 6.31. The van der Waals surface area contributed by atoms with Crippen molar-refractivity contribution in [3.05, 3.63) is 65.6 Å². The number of amides is 1. The average Bonchev–Trinajstić information content (AvgIpc) is 3.30. The van der Waals surface area contributed by atoms with E-state index in [-0.39, 0.29) is 17.2 Å². The first-order valence-corrected chi connectivity index (χ1v) is 12.3. The first-order chi connectivity index (χ1) is 16.7. The number of para-hydroxylation sites is 1. The molecule has 1 aliphatic rings. The zero-order valence-electron chi connectivity index (χ0n) is 18.7. The zero-order valence-corrected chi connectivity index (χ0v) is 19.5. The molecule has 1 amide bonds. The van der Waals surface area contributed by atoms with Crippen LogP contribution in [0.25, 0.3) is 16.7 Å². The number of nitrogens with one attached hydrogen (secondary N) is 1. The Labute approximate surface area is 200 Å². The molecular weight excluding hydrogens is 450 g/mol. The molecule has 3 aromatic heterocycles. The van der Waals surface area contributed by atoms with Crippen LogP contribution in [0.3, 0.4) is 0 Å². The minimum absolute atomic E-state index is 0.142. The highest BCUT2D eigenvalue weighted by Crippen LogP contribution is 2.23. The third-order valence-corrected chi connectivity index (χ3v) is 6.76. The van der Waals surface area contributed by atoms with E-state index in [1.165, 1.54) is 35.6 Å². The van der Waals surface area contributed by atoms with Crippen LogP contribution >= 0.6 is 11.8 Å². The standard InChI is InChI=1S/C24H25N7O2S/c1-2-12-30-22(33)18-8-4-5-9-19(18)31-23(30)27-28-24(31)34-16-21(32)26-17-10-11-20(25-15-17)29-13-6-3-7-14-29/h2,4-5,8-11,15H,1,3,6-7,12-14,16H2,(H,26,32). The summed E-state index contributed by atoms with van der Waals surface area (Å²) in [6, 6.07) is 11.1. The van der Waals surface area contributed by atoms with Crippen LogP contribution < -0.4 is 15.8 Å². The van der Waals surface area contributed by atoms with E-state index >= 15 is 0 Å². The van der Waals surface area contributed by atoms with E-state index in [0.29, 0.717) is 34.1 Å². The number of benzene rings is 1. The van der Waals surface area contributed by atoms with Gasteiger partial charge in [0.1, 0.15) is 5.82 Å². The van der Waals surface area contributed by atoms with E-state index in [1.54, 1.807) is 18.3 Å². The summed E-state index contributed by atoms with van der Waals surface area (Å²) in [5.74, 6) is 1.34. The van der Waals surface area contributed by atoms with Gasteiger partial charge in [0.25, 0.3) is 5.56 Å². The number of pyridine rings is 1. The monoisotopic (exact) mass is 475 g/mol. The highest BCUT2D eigenvalue weighted by molar-refractivity contribution is 7.99. The molecule has 1 fully saturated rings. The van der Waals surface area contributed by atoms with Crippen LogP contribution in [0.1, 0.15) is 19.3 Å². The minimum Gasteiger partial charge on any atom is -0.357 e. The average molecular weight is 476 g/mol. The number of carbonyl (C=O) groups is 1. The zero-order chi connectivity index (χ0) is 23.5. The van der Waals surface area contributed by atoms with Crippen LogP contribution in [0, 0.1) is 0 Å². The predicted octanol–water partition coefficient (Wildman–Crippen LogP) is 3.35. The van der Waals surface area contributed by atoms with Crippen LogP contribution in [0.2, 0.25) is 0 Å². The number of rotatable bonds is 7. The number of piperidine rings is 1. The van der Waals surface area contributed by atoms with Crippen molar-refractivity contribution in [2.75, 3.05) is 29.1 Å². The van der Waals surface area contributed by atoms with Gasteiger partial charge in [0.2, 0.25) is 11.7 Å². The van der Waals surface area contributed by atoms with E-state index in [1.807, 2.05) is 34.7 Å². The molecule has 0 spiro atoms. The van der Waals surface area contributed by atoms with Gasteiger partial charge in [-0.1, -0.05) is 30.0 Å². The second-order valence-corrected chi connectivity index (χ2v) is 9.07. The Morgan fingerprint density at radius 1 is 1.12 bits per heavy atom. The number of fused-ring (bicyclic) bond motifs is 3. The van der Waals surface area contributed by atoms with Crippen molar-refractivity contribution < 1.29 is 4.79 Å². The van der Waals surface area contributed by atoms with Crippen molar-refractivity contribution in [1.29, 1.82) is 0 Å². The molecule has 4 aromatic rings. The normalized spacial score (nSPS) is 13.9. The highest BCUT2D eigenvalue weighted by Gasteiger charge is 2.17. The Bertz CT molecular complexity index is 1400. The maximum absolute atomic E-state index is 12.9. The van der Waals surface area contributed by atoms with Crippen molar-refractivity contribution in [3.63, 3.8) is 0 Å². The molecule has 1 aromatic carbocycles. The number of carbonyl (C=O) groups excluding carboxylic acids is 1. The first-order valence-electron chi connectivity index (χ1n) is 11.3. The topological polar surface area (TPSA) is 97.4 Å². The van der Waals surface area contributed by atoms with Gasteiger partial charge in [-0.05, 0) is 43.5 Å². The molecule has 0 atom stereocenters. The lowest BCUT2D eigenvalue weighted by molar-refractivity contribution is -0.113. The van der Waals surface area contributed by atoms with Gasteiger partial charge >= 0.3 is 0 Å². The molecule has 0 saturated carbocycles. The molecule has 1 aliphatic heterocycles. The molecule has 34 heavy (non-hydrogen) atoms. The number of thioether (sulfide) groups is 1. The molecule has 5 rings (SSSR count). The van der Waals surface area contributed by atoms with E-state index in [9.17, 15) is 9.59 Å². The number of allylic oxidation sites excluding steroid dienone is 1. The summed E-state index contributed by atoms with van der Waals surface area (Å²) in [5.41, 5.74) is 1.21. The van der Waals surface area contributed by atoms with Crippen molar-refractivity contribution >= 4 is 45.9 Å². The smallest absolute Gasteiger partial charge is 0.263 e. The predicted molar refractivity (Wildman–Crippen MR) is 135 cm³/mol. The van der Waals surface area contributed by atoms with E-state index < -0.39 is 0 Å². The van der Waals surface area contributed by atoms with Crippen molar-refractivity contribution in [3.8, 4) is 0 Å². The second kappa shape index (κ2) is 9.68. The number of hydrogen-bond donors (Lipinski definition) is 1. The SMILES string of the molecule is C=CCn1c(=O)c2ccccc2n2c(SCC(=O)Nc3ccc(N4CCCCC4)nc3)nnc12. The molecule has 9 nitrogen and oxygen atoms in total. The summed E-state index contributed by atoms with van der Waals surface area (Å²) >= 11 is 1.26. The summed E-state index contributed by atoms with van der Waals surface area (Å²) in [5, 5.41) is 12.5. The van der Waals surface area contributed by atoms with Gasteiger partial charge < -0.3 is 10.2 Å². The van der Waals surface area contributed by atoms with E-state index in [4.69, 9.17) is 0 Å². The fraction of sp³-hybridized carbons (Fsp3) is 0.292. The minimum atomic E-state index is -0.169. The summed E-state index contributed by atoms with van der Waals surface area (Å²) in [6.07, 6.45) is 6.99. The summed E-state index contributed by atoms with van der Waals surface area (Å²) in [6.45, 7) is 6.10. The fourth-order valence-corrected chi connectivity index (χ4v) is 4.96. The number of aromatic nitrogens is 5.